The molecular weight excluding hydrogens is 473 g/mol. The zero-order valence-corrected chi connectivity index (χ0v) is 22.1. The Morgan fingerprint density at radius 3 is 2.30 bits per heavy atom. The summed E-state index contributed by atoms with van der Waals surface area (Å²) in [6.07, 6.45) is 1.38. The van der Waals surface area contributed by atoms with Crippen LogP contribution in [0.4, 0.5) is 4.39 Å². The van der Waals surface area contributed by atoms with Gasteiger partial charge in [-0.3, -0.25) is 19.4 Å². The molecule has 2 heterocycles. The number of hydrogen-bond donors (Lipinski definition) is 2. The largest absolute Gasteiger partial charge is 0.481 e. The molecule has 0 unspecified atom stereocenters. The first-order chi connectivity index (χ1) is 17.4. The van der Waals surface area contributed by atoms with Crippen molar-refractivity contribution in [2.24, 2.45) is 5.92 Å². The molecule has 0 radical (unpaired) electrons. The van der Waals surface area contributed by atoms with E-state index in [0.717, 1.165) is 22.3 Å². The molecule has 3 aromatic rings. The molecule has 2 aromatic heterocycles. The Morgan fingerprint density at radius 1 is 1.08 bits per heavy atom. The summed E-state index contributed by atoms with van der Waals surface area (Å²) in [6, 6.07) is 8.42. The summed E-state index contributed by atoms with van der Waals surface area (Å²) >= 11 is 0. The molecule has 0 aliphatic heterocycles. The summed E-state index contributed by atoms with van der Waals surface area (Å²) in [5.41, 5.74) is 3.80. The predicted molar refractivity (Wildman–Crippen MR) is 141 cm³/mol. The first kappa shape index (κ1) is 27.8. The van der Waals surface area contributed by atoms with E-state index in [-0.39, 0.29) is 22.7 Å². The topological polar surface area (TPSA) is 101 Å². The Bertz CT molecular complexity index is 1360. The van der Waals surface area contributed by atoms with E-state index in [0.29, 0.717) is 12.1 Å². The van der Waals surface area contributed by atoms with Crippen LogP contribution in [0.2, 0.25) is 0 Å². The monoisotopic (exact) mass is 507 g/mol. The number of carboxylic acid groups (broad SMARTS) is 1. The Labute approximate surface area is 216 Å². The van der Waals surface area contributed by atoms with E-state index in [1.807, 2.05) is 45.9 Å². The highest BCUT2D eigenvalue weighted by molar-refractivity contribution is 5.82. The van der Waals surface area contributed by atoms with E-state index >= 15 is 4.39 Å². The minimum atomic E-state index is -1.19. The van der Waals surface area contributed by atoms with Crippen LogP contribution in [0.5, 0.6) is 0 Å². The van der Waals surface area contributed by atoms with E-state index in [9.17, 15) is 19.5 Å². The summed E-state index contributed by atoms with van der Waals surface area (Å²) in [6.45, 7) is 11.0. The number of aryl methyl sites for hydroxylation is 4. The number of carboxylic acids is 1. The van der Waals surface area contributed by atoms with Gasteiger partial charge in [0.25, 0.3) is 5.56 Å². The van der Waals surface area contributed by atoms with E-state index in [1.165, 1.54) is 23.6 Å². The molecule has 196 valence electrons. The van der Waals surface area contributed by atoms with Crippen LogP contribution in [0, 0.1) is 39.4 Å². The number of carbonyl (C=O) groups is 2. The van der Waals surface area contributed by atoms with Crippen molar-refractivity contribution in [2.45, 2.75) is 66.5 Å². The number of pyridine rings is 2. The van der Waals surface area contributed by atoms with Gasteiger partial charge in [0.2, 0.25) is 5.91 Å². The molecule has 7 nitrogen and oxygen atoms in total. The number of aliphatic carboxylic acids is 1. The van der Waals surface area contributed by atoms with E-state index < -0.39 is 36.2 Å². The smallest absolute Gasteiger partial charge is 0.305 e. The van der Waals surface area contributed by atoms with Gasteiger partial charge in [-0.15, -0.1) is 0 Å². The number of aromatic nitrogens is 2. The van der Waals surface area contributed by atoms with Crippen LogP contribution in [0.1, 0.15) is 66.7 Å². The van der Waals surface area contributed by atoms with Gasteiger partial charge in [-0.1, -0.05) is 32.0 Å². The molecule has 2 N–H and O–H groups in total. The Morgan fingerprint density at radius 2 is 1.73 bits per heavy atom. The first-order valence-electron chi connectivity index (χ1n) is 12.3. The van der Waals surface area contributed by atoms with Gasteiger partial charge in [0.05, 0.1) is 23.9 Å². The maximum atomic E-state index is 15.4. The van der Waals surface area contributed by atoms with E-state index in [2.05, 4.69) is 10.3 Å². The standard InChI is InChI=1S/C29H34FN3O4/c1-16(2)12-24(33-11-10-17(3)13-25(33)34)29(37)32-22(15-26(35)36)21-14-23(31-20(6)28(21)30)27-18(4)8-7-9-19(27)5/h7-11,13-14,16,22,24H,12,15H2,1-6H3,(H,32,37)(H,35,36)/t22-,24+/m0/s1. The number of carbonyl (C=O) groups excluding carboxylic acids is 1. The van der Waals surface area contributed by atoms with Gasteiger partial charge in [-0.05, 0) is 68.9 Å². The van der Waals surface area contributed by atoms with E-state index in [4.69, 9.17) is 0 Å². The van der Waals surface area contributed by atoms with Gasteiger partial charge in [-0.2, -0.15) is 0 Å². The van der Waals surface area contributed by atoms with Gasteiger partial charge in [0.15, 0.2) is 0 Å². The number of hydrogen-bond acceptors (Lipinski definition) is 4. The van der Waals surface area contributed by atoms with Crippen LogP contribution in [-0.4, -0.2) is 26.5 Å². The molecule has 0 aliphatic rings. The summed E-state index contributed by atoms with van der Waals surface area (Å²) in [4.78, 5) is 42.4. The maximum absolute atomic E-state index is 15.4. The SMILES string of the molecule is Cc1ccn([C@H](CC(C)C)C(=O)N[C@@H](CC(=O)O)c2cc(-c3c(C)cccc3C)nc(C)c2F)c(=O)c1. The number of rotatable bonds is 9. The molecule has 0 bridgehead atoms. The van der Waals surface area contributed by atoms with Crippen molar-refractivity contribution in [1.82, 2.24) is 14.9 Å². The zero-order valence-electron chi connectivity index (χ0n) is 22.1. The molecule has 0 saturated heterocycles. The predicted octanol–water partition coefficient (Wildman–Crippen LogP) is 5.20. The number of nitrogens with one attached hydrogen (secondary N) is 1. The summed E-state index contributed by atoms with van der Waals surface area (Å²) in [7, 11) is 0. The van der Waals surface area contributed by atoms with Gasteiger partial charge >= 0.3 is 5.97 Å². The normalized spacial score (nSPS) is 12.9. The van der Waals surface area contributed by atoms with Gasteiger partial charge in [-0.25, -0.2) is 4.39 Å². The summed E-state index contributed by atoms with van der Waals surface area (Å²) < 4.78 is 16.8. The summed E-state index contributed by atoms with van der Waals surface area (Å²) in [5.74, 6) is -2.35. The second-order valence-corrected chi connectivity index (χ2v) is 10.0. The average Bonchev–Trinajstić information content (AvgIpc) is 2.79. The molecule has 0 fully saturated rings. The third-order valence-electron chi connectivity index (χ3n) is 6.40. The zero-order chi connectivity index (χ0) is 27.4. The quantitative estimate of drug-likeness (QED) is 0.414. The molecule has 0 saturated carbocycles. The second-order valence-electron chi connectivity index (χ2n) is 10.0. The molecule has 8 heteroatoms. The highest BCUT2D eigenvalue weighted by Gasteiger charge is 2.29. The van der Waals surface area contributed by atoms with Gasteiger partial charge in [0.1, 0.15) is 11.9 Å². The lowest BCUT2D eigenvalue weighted by Gasteiger charge is -2.25. The van der Waals surface area contributed by atoms with Crippen molar-refractivity contribution in [1.29, 1.82) is 0 Å². The van der Waals surface area contributed by atoms with Crippen molar-refractivity contribution in [3.63, 3.8) is 0 Å². The highest BCUT2D eigenvalue weighted by Crippen LogP contribution is 2.31. The lowest BCUT2D eigenvalue weighted by Crippen LogP contribution is -2.40. The van der Waals surface area contributed by atoms with Crippen molar-refractivity contribution in [2.75, 3.05) is 0 Å². The lowest BCUT2D eigenvalue weighted by molar-refractivity contribution is -0.138. The van der Waals surface area contributed by atoms with Crippen LogP contribution >= 0.6 is 0 Å². The van der Waals surface area contributed by atoms with Crippen LogP contribution in [-0.2, 0) is 9.59 Å². The fraction of sp³-hybridized carbons (Fsp3) is 0.379. The van der Waals surface area contributed by atoms with Crippen LogP contribution in [0.3, 0.4) is 0 Å². The molecule has 1 amide bonds. The molecule has 1 aromatic carbocycles. The minimum absolute atomic E-state index is 0.0421. The average molecular weight is 508 g/mol. The van der Waals surface area contributed by atoms with Gasteiger partial charge < -0.3 is 15.0 Å². The number of nitrogens with zero attached hydrogens (tertiary/aromatic N) is 2. The maximum Gasteiger partial charge on any atom is 0.305 e. The first-order valence-corrected chi connectivity index (χ1v) is 12.3. The Hall–Kier alpha value is -3.81. The Kier molecular flexibility index (Phi) is 8.63. The third-order valence-corrected chi connectivity index (χ3v) is 6.40. The third kappa shape index (κ3) is 6.50. The fourth-order valence-corrected chi connectivity index (χ4v) is 4.60. The molecular formula is C29H34FN3O4. The molecule has 0 aliphatic carbocycles. The van der Waals surface area contributed by atoms with Crippen molar-refractivity contribution in [3.05, 3.63) is 86.7 Å². The minimum Gasteiger partial charge on any atom is -0.481 e. The highest BCUT2D eigenvalue weighted by atomic mass is 19.1. The van der Waals surface area contributed by atoms with Crippen LogP contribution in [0.15, 0.2) is 47.4 Å². The molecule has 0 spiro atoms. The van der Waals surface area contributed by atoms with Crippen LogP contribution < -0.4 is 10.9 Å². The molecule has 3 rings (SSSR count). The molecule has 37 heavy (non-hydrogen) atoms. The van der Waals surface area contributed by atoms with Crippen molar-refractivity contribution < 1.29 is 19.1 Å². The number of amides is 1. The second kappa shape index (κ2) is 11.5. The number of benzene rings is 1. The lowest BCUT2D eigenvalue weighted by atomic mass is 9.95. The van der Waals surface area contributed by atoms with Crippen LogP contribution in [0.25, 0.3) is 11.3 Å². The Balaban J connectivity index is 2.09. The van der Waals surface area contributed by atoms with Crippen molar-refractivity contribution in [3.8, 4) is 11.3 Å². The number of halogens is 1. The summed E-state index contributed by atoms with van der Waals surface area (Å²) in [5, 5.41) is 12.4. The van der Waals surface area contributed by atoms with Crippen molar-refractivity contribution >= 4 is 11.9 Å². The fourth-order valence-electron chi connectivity index (χ4n) is 4.60. The molecule has 2 atom stereocenters. The van der Waals surface area contributed by atoms with Gasteiger partial charge in [0, 0.05) is 23.4 Å². The van der Waals surface area contributed by atoms with E-state index in [1.54, 1.807) is 19.2 Å².